The molecule has 0 bridgehead atoms. The summed E-state index contributed by atoms with van der Waals surface area (Å²) in [5.74, 6) is 1.52. The normalized spacial score (nSPS) is 13.0. The molecular weight excluding hydrogens is 302 g/mol. The lowest BCUT2D eigenvalue weighted by atomic mass is 10.1. The van der Waals surface area contributed by atoms with Crippen LogP contribution in [0.2, 0.25) is 0 Å². The number of hydrogen-bond acceptors (Lipinski definition) is 3. The molecule has 0 fully saturated rings. The molecule has 4 heteroatoms. The summed E-state index contributed by atoms with van der Waals surface area (Å²) in [6.07, 6.45) is 3.46. The van der Waals surface area contributed by atoms with E-state index in [1.807, 2.05) is 61.5 Å². The van der Waals surface area contributed by atoms with Crippen molar-refractivity contribution in [2.24, 2.45) is 0 Å². The number of carbonyl (C=O) groups is 1. The van der Waals surface area contributed by atoms with Crippen LogP contribution in [0.5, 0.6) is 11.5 Å². The van der Waals surface area contributed by atoms with Gasteiger partial charge in [0.15, 0.2) is 11.5 Å². The Kier molecular flexibility index (Phi) is 5.16. The molecule has 0 aromatic heterocycles. The number of nitrogens with zero attached hydrogens (tertiary/aromatic N) is 1. The number of rotatable bonds is 5. The molecule has 0 spiro atoms. The van der Waals surface area contributed by atoms with Gasteiger partial charge in [0.1, 0.15) is 13.2 Å². The van der Waals surface area contributed by atoms with Crippen LogP contribution in [0.3, 0.4) is 0 Å². The first-order chi connectivity index (χ1) is 11.8. The summed E-state index contributed by atoms with van der Waals surface area (Å²) in [6.45, 7) is 4.31. The highest BCUT2D eigenvalue weighted by molar-refractivity contribution is 5.91. The molecule has 24 heavy (non-hydrogen) atoms. The zero-order valence-electron chi connectivity index (χ0n) is 13.8. The second kappa shape index (κ2) is 7.68. The Balaban J connectivity index is 1.68. The highest BCUT2D eigenvalue weighted by Crippen LogP contribution is 2.31. The number of ether oxygens (including phenoxy) is 2. The Hall–Kier alpha value is -2.75. The Bertz CT molecular complexity index is 725. The first-order valence-corrected chi connectivity index (χ1v) is 8.17. The van der Waals surface area contributed by atoms with E-state index in [0.29, 0.717) is 26.3 Å². The molecule has 1 aliphatic heterocycles. The van der Waals surface area contributed by atoms with Gasteiger partial charge in [0.25, 0.3) is 0 Å². The number of carbonyl (C=O) groups excluding carboxylic acids is 1. The summed E-state index contributed by atoms with van der Waals surface area (Å²) >= 11 is 0. The first kappa shape index (κ1) is 16.1. The quantitative estimate of drug-likeness (QED) is 0.790. The molecule has 3 rings (SSSR count). The van der Waals surface area contributed by atoms with Crippen molar-refractivity contribution in [1.29, 1.82) is 0 Å². The van der Waals surface area contributed by atoms with Crippen LogP contribution in [-0.4, -0.2) is 30.6 Å². The zero-order valence-corrected chi connectivity index (χ0v) is 13.8. The largest absolute Gasteiger partial charge is 0.486 e. The fraction of sp³-hybridized carbons (Fsp3) is 0.250. The standard InChI is InChI=1S/C20H21NO3/c1-2-21(20(22)11-9-16-6-4-3-5-7-16)15-17-8-10-18-19(14-17)24-13-12-23-18/h3-11,14H,2,12-13,15H2,1H3/b11-9+. The molecule has 2 aromatic rings. The van der Waals surface area contributed by atoms with Gasteiger partial charge in [0, 0.05) is 19.2 Å². The molecule has 1 aliphatic rings. The molecule has 0 aliphatic carbocycles. The summed E-state index contributed by atoms with van der Waals surface area (Å²) < 4.78 is 11.1. The smallest absolute Gasteiger partial charge is 0.246 e. The van der Waals surface area contributed by atoms with Crippen molar-refractivity contribution >= 4 is 12.0 Å². The highest BCUT2D eigenvalue weighted by atomic mass is 16.6. The van der Waals surface area contributed by atoms with E-state index < -0.39 is 0 Å². The maximum absolute atomic E-state index is 12.4. The monoisotopic (exact) mass is 323 g/mol. The number of hydrogen-bond donors (Lipinski definition) is 0. The molecular formula is C20H21NO3. The van der Waals surface area contributed by atoms with Crippen LogP contribution in [0.25, 0.3) is 6.08 Å². The van der Waals surface area contributed by atoms with E-state index in [2.05, 4.69) is 0 Å². The van der Waals surface area contributed by atoms with Gasteiger partial charge in [-0.15, -0.1) is 0 Å². The minimum Gasteiger partial charge on any atom is -0.486 e. The lowest BCUT2D eigenvalue weighted by molar-refractivity contribution is -0.126. The Labute approximate surface area is 142 Å². The molecule has 0 atom stereocenters. The summed E-state index contributed by atoms with van der Waals surface area (Å²) in [6, 6.07) is 15.6. The number of amides is 1. The summed E-state index contributed by atoms with van der Waals surface area (Å²) in [5.41, 5.74) is 2.05. The molecule has 0 unspecified atom stereocenters. The van der Waals surface area contributed by atoms with Crippen LogP contribution < -0.4 is 9.47 Å². The van der Waals surface area contributed by atoms with Crippen molar-refractivity contribution in [3.63, 3.8) is 0 Å². The van der Waals surface area contributed by atoms with Gasteiger partial charge in [-0.25, -0.2) is 0 Å². The molecule has 4 nitrogen and oxygen atoms in total. The van der Waals surface area contributed by atoms with Gasteiger partial charge in [-0.2, -0.15) is 0 Å². The van der Waals surface area contributed by atoms with Crippen molar-refractivity contribution < 1.29 is 14.3 Å². The predicted molar refractivity (Wildman–Crippen MR) is 94.0 cm³/mol. The first-order valence-electron chi connectivity index (χ1n) is 8.17. The minimum absolute atomic E-state index is 0.00348. The molecule has 0 saturated carbocycles. The molecule has 2 aromatic carbocycles. The minimum atomic E-state index is -0.00348. The molecule has 0 N–H and O–H groups in total. The average Bonchev–Trinajstić information content (AvgIpc) is 2.65. The average molecular weight is 323 g/mol. The van der Waals surface area contributed by atoms with Crippen molar-refractivity contribution in [2.45, 2.75) is 13.5 Å². The molecule has 0 radical (unpaired) electrons. The zero-order chi connectivity index (χ0) is 16.8. The van der Waals surface area contributed by atoms with Gasteiger partial charge in [-0.05, 0) is 36.3 Å². The summed E-state index contributed by atoms with van der Waals surface area (Å²) in [7, 11) is 0. The lowest BCUT2D eigenvalue weighted by Crippen LogP contribution is -2.28. The van der Waals surface area contributed by atoms with Crippen molar-refractivity contribution in [2.75, 3.05) is 19.8 Å². The van der Waals surface area contributed by atoms with Crippen LogP contribution >= 0.6 is 0 Å². The summed E-state index contributed by atoms with van der Waals surface area (Å²) in [5, 5.41) is 0. The van der Waals surface area contributed by atoms with E-state index in [1.165, 1.54) is 0 Å². The second-order valence-electron chi connectivity index (χ2n) is 5.57. The van der Waals surface area contributed by atoms with Crippen molar-refractivity contribution in [1.82, 2.24) is 4.90 Å². The van der Waals surface area contributed by atoms with Gasteiger partial charge in [0.2, 0.25) is 5.91 Å². The Morgan fingerprint density at radius 3 is 2.58 bits per heavy atom. The number of likely N-dealkylation sites (N-methyl/N-ethyl adjacent to an activating group) is 1. The van der Waals surface area contributed by atoms with E-state index in [4.69, 9.17) is 9.47 Å². The van der Waals surface area contributed by atoms with Gasteiger partial charge in [-0.1, -0.05) is 36.4 Å². The van der Waals surface area contributed by atoms with Gasteiger partial charge < -0.3 is 14.4 Å². The van der Waals surface area contributed by atoms with E-state index in [9.17, 15) is 4.79 Å². The molecule has 124 valence electrons. The third-order valence-corrected chi connectivity index (χ3v) is 3.89. The SMILES string of the molecule is CCN(Cc1ccc2c(c1)OCCO2)C(=O)/C=C/c1ccccc1. The number of fused-ring (bicyclic) bond motifs is 1. The van der Waals surface area contributed by atoms with Crippen LogP contribution in [0.1, 0.15) is 18.1 Å². The van der Waals surface area contributed by atoms with Gasteiger partial charge >= 0.3 is 0 Å². The third kappa shape index (κ3) is 3.96. The maximum atomic E-state index is 12.4. The van der Waals surface area contributed by atoms with Crippen LogP contribution in [0, 0.1) is 0 Å². The van der Waals surface area contributed by atoms with E-state index in [0.717, 1.165) is 22.6 Å². The topological polar surface area (TPSA) is 38.8 Å². The third-order valence-electron chi connectivity index (χ3n) is 3.89. The predicted octanol–water partition coefficient (Wildman–Crippen LogP) is 3.52. The fourth-order valence-electron chi connectivity index (χ4n) is 2.59. The van der Waals surface area contributed by atoms with Crippen LogP contribution in [0.4, 0.5) is 0 Å². The van der Waals surface area contributed by atoms with Crippen LogP contribution in [-0.2, 0) is 11.3 Å². The van der Waals surface area contributed by atoms with Crippen molar-refractivity contribution in [3.05, 3.63) is 65.7 Å². The number of benzene rings is 2. The lowest BCUT2D eigenvalue weighted by Gasteiger charge is -2.22. The second-order valence-corrected chi connectivity index (χ2v) is 5.57. The maximum Gasteiger partial charge on any atom is 0.246 e. The molecule has 1 amide bonds. The van der Waals surface area contributed by atoms with E-state index in [-0.39, 0.29) is 5.91 Å². The van der Waals surface area contributed by atoms with Gasteiger partial charge in [0.05, 0.1) is 0 Å². The van der Waals surface area contributed by atoms with E-state index >= 15 is 0 Å². The van der Waals surface area contributed by atoms with Crippen LogP contribution in [0.15, 0.2) is 54.6 Å². The van der Waals surface area contributed by atoms with Crippen molar-refractivity contribution in [3.8, 4) is 11.5 Å². The highest BCUT2D eigenvalue weighted by Gasteiger charge is 2.14. The van der Waals surface area contributed by atoms with Gasteiger partial charge in [-0.3, -0.25) is 4.79 Å². The van der Waals surface area contributed by atoms with E-state index in [1.54, 1.807) is 11.0 Å². The Morgan fingerprint density at radius 2 is 1.83 bits per heavy atom. The molecule has 1 heterocycles. The molecule has 0 saturated heterocycles. The Morgan fingerprint density at radius 1 is 1.08 bits per heavy atom. The summed E-state index contributed by atoms with van der Waals surface area (Å²) in [4.78, 5) is 14.2. The fourth-order valence-corrected chi connectivity index (χ4v) is 2.59.